The molecule has 1 saturated heterocycles. The van der Waals surface area contributed by atoms with E-state index in [1.807, 2.05) is 7.05 Å². The molecule has 2 aromatic rings. The molecule has 1 amide bonds. The maximum atomic E-state index is 13.1. The smallest absolute Gasteiger partial charge is 0.253 e. The zero-order valence-electron chi connectivity index (χ0n) is 14.5. The van der Waals surface area contributed by atoms with Crippen LogP contribution >= 0.6 is 11.6 Å². The minimum absolute atomic E-state index is 0.345. The molecule has 6 nitrogen and oxygen atoms in total. The average Bonchev–Trinajstić information content (AvgIpc) is 2.64. The first-order valence-electron chi connectivity index (χ1n) is 8.41. The van der Waals surface area contributed by atoms with Gasteiger partial charge in [0.2, 0.25) is 0 Å². The highest BCUT2D eigenvalue weighted by molar-refractivity contribution is 6.30. The SMILES string of the molecule is CN1CCN(C(=O)C(C(=O)c2ccc(Cl)cc2)n2ccccc2=O)CC1. The Labute approximate surface area is 156 Å². The Kier molecular flexibility index (Phi) is 5.54. The quantitative estimate of drug-likeness (QED) is 0.604. The normalized spacial score (nSPS) is 16.3. The van der Waals surface area contributed by atoms with Gasteiger partial charge in [0, 0.05) is 49.0 Å². The zero-order chi connectivity index (χ0) is 18.7. The fourth-order valence-electron chi connectivity index (χ4n) is 2.98. The molecular formula is C19H20ClN3O3. The molecule has 1 aromatic heterocycles. The van der Waals surface area contributed by atoms with Crippen LogP contribution in [0.3, 0.4) is 0 Å². The van der Waals surface area contributed by atoms with Gasteiger partial charge in [-0.2, -0.15) is 0 Å². The van der Waals surface area contributed by atoms with E-state index < -0.39 is 11.8 Å². The molecule has 1 fully saturated rings. The highest BCUT2D eigenvalue weighted by Crippen LogP contribution is 2.19. The fraction of sp³-hybridized carbons (Fsp3) is 0.316. The maximum absolute atomic E-state index is 13.1. The molecule has 2 heterocycles. The molecule has 1 aliphatic rings. The van der Waals surface area contributed by atoms with Gasteiger partial charge in [-0.1, -0.05) is 17.7 Å². The van der Waals surface area contributed by atoms with Crippen LogP contribution in [0, 0.1) is 0 Å². The molecule has 1 aromatic carbocycles. The van der Waals surface area contributed by atoms with Crippen LogP contribution < -0.4 is 5.56 Å². The lowest BCUT2D eigenvalue weighted by Crippen LogP contribution is -2.51. The number of amides is 1. The van der Waals surface area contributed by atoms with E-state index in [1.54, 1.807) is 41.3 Å². The first-order chi connectivity index (χ1) is 12.5. The Balaban J connectivity index is 1.98. The number of Topliss-reactive ketones (excluding diaryl/α,β-unsaturated/α-hetero) is 1. The molecule has 1 unspecified atom stereocenters. The van der Waals surface area contributed by atoms with Gasteiger partial charge < -0.3 is 9.80 Å². The summed E-state index contributed by atoms with van der Waals surface area (Å²) in [5, 5.41) is 0.500. The molecule has 0 radical (unpaired) electrons. The summed E-state index contributed by atoms with van der Waals surface area (Å²) < 4.78 is 1.21. The third-order valence-corrected chi connectivity index (χ3v) is 4.81. The zero-order valence-corrected chi connectivity index (χ0v) is 15.2. The minimum Gasteiger partial charge on any atom is -0.338 e. The molecule has 3 rings (SSSR count). The van der Waals surface area contributed by atoms with E-state index in [0.717, 1.165) is 13.1 Å². The number of ketones is 1. The van der Waals surface area contributed by atoms with Crippen LogP contribution in [0.25, 0.3) is 0 Å². The van der Waals surface area contributed by atoms with Crippen molar-refractivity contribution in [2.45, 2.75) is 6.04 Å². The van der Waals surface area contributed by atoms with Crippen molar-refractivity contribution >= 4 is 23.3 Å². The lowest BCUT2D eigenvalue weighted by atomic mass is 10.0. The molecule has 0 spiro atoms. The number of halogens is 1. The second-order valence-corrected chi connectivity index (χ2v) is 6.78. The van der Waals surface area contributed by atoms with Crippen LogP contribution in [-0.2, 0) is 4.79 Å². The Morgan fingerprint density at radius 2 is 1.65 bits per heavy atom. The van der Waals surface area contributed by atoms with Gasteiger partial charge in [-0.25, -0.2) is 0 Å². The molecule has 0 aliphatic carbocycles. The lowest BCUT2D eigenvalue weighted by molar-refractivity contribution is -0.135. The van der Waals surface area contributed by atoms with Crippen molar-refractivity contribution in [1.82, 2.24) is 14.4 Å². The summed E-state index contributed by atoms with van der Waals surface area (Å²) in [7, 11) is 1.99. The predicted octanol–water partition coefficient (Wildman–Crippen LogP) is 1.70. The molecule has 136 valence electrons. The van der Waals surface area contributed by atoms with Crippen molar-refractivity contribution in [3.63, 3.8) is 0 Å². The van der Waals surface area contributed by atoms with Crippen molar-refractivity contribution in [3.05, 3.63) is 69.6 Å². The topological polar surface area (TPSA) is 62.6 Å². The summed E-state index contributed by atoms with van der Waals surface area (Å²) in [5.41, 5.74) is -0.0417. The minimum atomic E-state index is -1.21. The highest BCUT2D eigenvalue weighted by Gasteiger charge is 2.34. The van der Waals surface area contributed by atoms with Crippen molar-refractivity contribution < 1.29 is 9.59 Å². The number of likely N-dealkylation sites (N-methyl/N-ethyl adjacent to an activating group) is 1. The van der Waals surface area contributed by atoms with E-state index in [-0.39, 0.29) is 11.5 Å². The van der Waals surface area contributed by atoms with Crippen LogP contribution in [0.15, 0.2) is 53.5 Å². The largest absolute Gasteiger partial charge is 0.338 e. The van der Waals surface area contributed by atoms with Crippen LogP contribution in [-0.4, -0.2) is 59.3 Å². The third-order valence-electron chi connectivity index (χ3n) is 4.56. The first kappa shape index (κ1) is 18.4. The Morgan fingerprint density at radius 1 is 1.00 bits per heavy atom. The Hall–Kier alpha value is -2.44. The molecule has 0 saturated carbocycles. The summed E-state index contributed by atoms with van der Waals surface area (Å²) in [6, 6.07) is 9.70. The average molecular weight is 374 g/mol. The number of hydrogen-bond acceptors (Lipinski definition) is 4. The van der Waals surface area contributed by atoms with Crippen LogP contribution in [0.2, 0.25) is 5.02 Å². The number of rotatable bonds is 4. The van der Waals surface area contributed by atoms with Crippen molar-refractivity contribution in [1.29, 1.82) is 0 Å². The maximum Gasteiger partial charge on any atom is 0.253 e. The van der Waals surface area contributed by atoms with Gasteiger partial charge in [0.25, 0.3) is 11.5 Å². The van der Waals surface area contributed by atoms with Crippen molar-refractivity contribution in [2.75, 3.05) is 33.2 Å². The highest BCUT2D eigenvalue weighted by atomic mass is 35.5. The summed E-state index contributed by atoms with van der Waals surface area (Å²) in [6.07, 6.45) is 1.48. The van der Waals surface area contributed by atoms with E-state index in [0.29, 0.717) is 23.7 Å². The van der Waals surface area contributed by atoms with Crippen LogP contribution in [0.5, 0.6) is 0 Å². The first-order valence-corrected chi connectivity index (χ1v) is 8.79. The van der Waals surface area contributed by atoms with E-state index >= 15 is 0 Å². The van der Waals surface area contributed by atoms with Crippen LogP contribution in [0.4, 0.5) is 0 Å². The number of piperazine rings is 1. The van der Waals surface area contributed by atoms with E-state index in [1.165, 1.54) is 16.8 Å². The second kappa shape index (κ2) is 7.85. The molecule has 1 atom stereocenters. The van der Waals surface area contributed by atoms with Crippen molar-refractivity contribution in [3.8, 4) is 0 Å². The second-order valence-electron chi connectivity index (χ2n) is 6.35. The van der Waals surface area contributed by atoms with Gasteiger partial charge in [0.05, 0.1) is 0 Å². The molecule has 0 N–H and O–H groups in total. The number of carbonyl (C=O) groups excluding carboxylic acids is 2. The van der Waals surface area contributed by atoms with Crippen molar-refractivity contribution in [2.24, 2.45) is 0 Å². The molecule has 0 bridgehead atoms. The van der Waals surface area contributed by atoms with Gasteiger partial charge in [0.1, 0.15) is 0 Å². The Bertz CT molecular complexity index is 855. The van der Waals surface area contributed by atoms with Crippen LogP contribution in [0.1, 0.15) is 16.4 Å². The molecule has 7 heteroatoms. The lowest BCUT2D eigenvalue weighted by Gasteiger charge is -2.34. The number of benzene rings is 1. The van der Waals surface area contributed by atoms with E-state index in [9.17, 15) is 14.4 Å². The van der Waals surface area contributed by atoms with Gasteiger partial charge in [0.15, 0.2) is 11.8 Å². The summed E-state index contributed by atoms with van der Waals surface area (Å²) in [4.78, 5) is 42.3. The Morgan fingerprint density at radius 3 is 2.27 bits per heavy atom. The molecule has 26 heavy (non-hydrogen) atoms. The number of aromatic nitrogens is 1. The van der Waals surface area contributed by atoms with Gasteiger partial charge in [-0.3, -0.25) is 19.0 Å². The standard InChI is InChI=1S/C19H20ClN3O3/c1-21-10-12-22(13-11-21)19(26)17(23-9-3-2-4-16(23)24)18(25)14-5-7-15(20)8-6-14/h2-9,17H,10-13H2,1H3. The number of nitrogens with zero attached hydrogens (tertiary/aromatic N) is 3. The summed E-state index contributed by atoms with van der Waals surface area (Å²) >= 11 is 5.89. The summed E-state index contributed by atoms with van der Waals surface area (Å²) in [5.74, 6) is -0.773. The molecule has 1 aliphatic heterocycles. The van der Waals surface area contributed by atoms with E-state index in [2.05, 4.69) is 4.90 Å². The molecular weight excluding hydrogens is 354 g/mol. The summed E-state index contributed by atoms with van der Waals surface area (Å²) in [6.45, 7) is 2.52. The monoisotopic (exact) mass is 373 g/mol. The fourth-order valence-corrected chi connectivity index (χ4v) is 3.11. The van der Waals surface area contributed by atoms with Gasteiger partial charge in [-0.15, -0.1) is 0 Å². The number of hydrogen-bond donors (Lipinski definition) is 0. The predicted molar refractivity (Wildman–Crippen MR) is 99.6 cm³/mol. The van der Waals surface area contributed by atoms with E-state index in [4.69, 9.17) is 11.6 Å². The third kappa shape index (κ3) is 3.86. The van der Waals surface area contributed by atoms with Gasteiger partial charge >= 0.3 is 0 Å². The van der Waals surface area contributed by atoms with Gasteiger partial charge in [-0.05, 0) is 37.4 Å². The number of carbonyl (C=O) groups is 2. The number of pyridine rings is 1.